The summed E-state index contributed by atoms with van der Waals surface area (Å²) in [6.45, 7) is 3.98. The van der Waals surface area contributed by atoms with Crippen LogP contribution >= 0.6 is 11.6 Å². The van der Waals surface area contributed by atoms with E-state index in [-0.39, 0.29) is 0 Å². The summed E-state index contributed by atoms with van der Waals surface area (Å²) in [6, 6.07) is 5.54. The second-order valence-electron chi connectivity index (χ2n) is 5.72. The zero-order valence-electron chi connectivity index (χ0n) is 15.2. The molecule has 0 radical (unpaired) electrons. The van der Waals surface area contributed by atoms with Gasteiger partial charge in [0.25, 0.3) is 0 Å². The fourth-order valence-electron chi connectivity index (χ4n) is 2.56. The standard InChI is InChI=1S/C18H21ClN6O/c1-5-12-9-21-25(10-12)17-14(26-4)7-6-13(16(17)19)23-18-22-11(2)8-15(20-3)24-18/h6-10H,5H2,1-4H3,(H2,20,22,23,24). The Balaban J connectivity index is 2.04. The Kier molecular flexibility index (Phi) is 5.27. The third kappa shape index (κ3) is 3.57. The maximum atomic E-state index is 6.67. The van der Waals surface area contributed by atoms with Gasteiger partial charge in [-0.2, -0.15) is 10.1 Å². The minimum Gasteiger partial charge on any atom is -0.494 e. The molecule has 7 nitrogen and oxygen atoms in total. The van der Waals surface area contributed by atoms with E-state index in [1.54, 1.807) is 11.8 Å². The lowest BCUT2D eigenvalue weighted by Gasteiger charge is -2.15. The Bertz CT molecular complexity index is 924. The molecule has 0 aliphatic rings. The van der Waals surface area contributed by atoms with Crippen LogP contribution in [0.1, 0.15) is 18.2 Å². The first-order valence-corrected chi connectivity index (χ1v) is 8.64. The number of hydrogen-bond donors (Lipinski definition) is 2. The third-order valence-electron chi connectivity index (χ3n) is 3.93. The topological polar surface area (TPSA) is 76.9 Å². The van der Waals surface area contributed by atoms with Gasteiger partial charge in [-0.05, 0) is 31.0 Å². The van der Waals surface area contributed by atoms with Crippen LogP contribution in [0.15, 0.2) is 30.6 Å². The smallest absolute Gasteiger partial charge is 0.229 e. The summed E-state index contributed by atoms with van der Waals surface area (Å²) in [7, 11) is 3.42. The number of aryl methyl sites for hydroxylation is 2. The van der Waals surface area contributed by atoms with Crippen molar-refractivity contribution in [3.63, 3.8) is 0 Å². The van der Waals surface area contributed by atoms with Gasteiger partial charge in [0, 0.05) is 25.0 Å². The number of ether oxygens (including phenoxy) is 1. The number of benzene rings is 1. The SMILES string of the molecule is CCc1cnn(-c2c(OC)ccc(Nc3nc(C)cc(NC)n3)c2Cl)c1. The van der Waals surface area contributed by atoms with E-state index in [1.165, 1.54) is 0 Å². The number of halogens is 1. The Hall–Kier alpha value is -2.80. The highest BCUT2D eigenvalue weighted by atomic mass is 35.5. The summed E-state index contributed by atoms with van der Waals surface area (Å²) in [6.07, 6.45) is 4.65. The Morgan fingerprint density at radius 2 is 2.08 bits per heavy atom. The van der Waals surface area contributed by atoms with Crippen molar-refractivity contribution in [3.05, 3.63) is 46.9 Å². The first-order chi connectivity index (χ1) is 12.5. The van der Waals surface area contributed by atoms with Gasteiger partial charge in [0.1, 0.15) is 17.3 Å². The minimum absolute atomic E-state index is 0.460. The Labute approximate surface area is 157 Å². The molecule has 0 saturated carbocycles. The molecule has 0 aliphatic heterocycles. The number of rotatable bonds is 6. The number of nitrogens with one attached hydrogen (secondary N) is 2. The zero-order valence-corrected chi connectivity index (χ0v) is 15.9. The average Bonchev–Trinajstić information content (AvgIpc) is 3.11. The second-order valence-corrected chi connectivity index (χ2v) is 6.10. The van der Waals surface area contributed by atoms with E-state index in [1.807, 2.05) is 44.6 Å². The first kappa shape index (κ1) is 18.0. The van der Waals surface area contributed by atoms with Gasteiger partial charge in [0.15, 0.2) is 0 Å². The van der Waals surface area contributed by atoms with E-state index in [0.717, 1.165) is 23.5 Å². The normalized spacial score (nSPS) is 10.7. The summed E-state index contributed by atoms with van der Waals surface area (Å²) in [5, 5.41) is 11.1. The zero-order chi connectivity index (χ0) is 18.7. The van der Waals surface area contributed by atoms with E-state index in [9.17, 15) is 0 Å². The molecule has 0 fully saturated rings. The molecule has 2 heterocycles. The summed E-state index contributed by atoms with van der Waals surface area (Å²) in [4.78, 5) is 8.81. The number of methoxy groups -OCH3 is 1. The molecule has 0 saturated heterocycles. The predicted molar refractivity (Wildman–Crippen MR) is 104 cm³/mol. The van der Waals surface area contributed by atoms with Crippen LogP contribution in [0.2, 0.25) is 5.02 Å². The van der Waals surface area contributed by atoms with Crippen LogP contribution in [-0.4, -0.2) is 33.9 Å². The van der Waals surface area contributed by atoms with Gasteiger partial charge in [0.05, 0.1) is 24.0 Å². The summed E-state index contributed by atoms with van der Waals surface area (Å²) >= 11 is 6.67. The monoisotopic (exact) mass is 372 g/mol. The molecule has 2 aromatic heterocycles. The number of nitrogens with zero attached hydrogens (tertiary/aromatic N) is 4. The van der Waals surface area contributed by atoms with E-state index in [2.05, 4.69) is 32.6 Å². The molecule has 136 valence electrons. The van der Waals surface area contributed by atoms with Crippen molar-refractivity contribution in [2.75, 3.05) is 24.8 Å². The van der Waals surface area contributed by atoms with Crippen LogP contribution in [-0.2, 0) is 6.42 Å². The molecule has 3 aromatic rings. The lowest BCUT2D eigenvalue weighted by atomic mass is 10.2. The molecule has 26 heavy (non-hydrogen) atoms. The number of anilines is 3. The molecule has 0 atom stereocenters. The number of hydrogen-bond acceptors (Lipinski definition) is 6. The molecule has 0 spiro atoms. The van der Waals surface area contributed by atoms with Gasteiger partial charge in [-0.1, -0.05) is 18.5 Å². The van der Waals surface area contributed by atoms with Crippen LogP contribution < -0.4 is 15.4 Å². The molecule has 1 aromatic carbocycles. The van der Waals surface area contributed by atoms with E-state index in [4.69, 9.17) is 16.3 Å². The second kappa shape index (κ2) is 7.61. The van der Waals surface area contributed by atoms with Crippen molar-refractivity contribution in [3.8, 4) is 11.4 Å². The predicted octanol–water partition coefficient (Wildman–Crippen LogP) is 3.98. The fourth-order valence-corrected chi connectivity index (χ4v) is 2.85. The molecule has 0 bridgehead atoms. The van der Waals surface area contributed by atoms with Crippen molar-refractivity contribution >= 4 is 29.1 Å². The summed E-state index contributed by atoms with van der Waals surface area (Å²) < 4.78 is 7.19. The molecule has 0 amide bonds. The molecule has 8 heteroatoms. The van der Waals surface area contributed by atoms with E-state index < -0.39 is 0 Å². The van der Waals surface area contributed by atoms with Gasteiger partial charge in [-0.25, -0.2) is 9.67 Å². The highest BCUT2D eigenvalue weighted by Crippen LogP contribution is 2.37. The lowest BCUT2D eigenvalue weighted by molar-refractivity contribution is 0.412. The van der Waals surface area contributed by atoms with Crippen molar-refractivity contribution in [1.82, 2.24) is 19.7 Å². The van der Waals surface area contributed by atoms with Gasteiger partial charge in [0.2, 0.25) is 5.95 Å². The highest BCUT2D eigenvalue weighted by molar-refractivity contribution is 6.35. The van der Waals surface area contributed by atoms with Crippen LogP contribution in [0, 0.1) is 6.92 Å². The van der Waals surface area contributed by atoms with Crippen molar-refractivity contribution in [1.29, 1.82) is 0 Å². The molecule has 0 aliphatic carbocycles. The lowest BCUT2D eigenvalue weighted by Crippen LogP contribution is -2.05. The fraction of sp³-hybridized carbons (Fsp3) is 0.278. The maximum absolute atomic E-state index is 6.67. The third-order valence-corrected chi connectivity index (χ3v) is 4.31. The molecule has 2 N–H and O–H groups in total. The molecule has 0 unspecified atom stereocenters. The summed E-state index contributed by atoms with van der Waals surface area (Å²) in [5.74, 6) is 1.82. The van der Waals surface area contributed by atoms with Crippen molar-refractivity contribution < 1.29 is 4.74 Å². The van der Waals surface area contributed by atoms with Crippen molar-refractivity contribution in [2.24, 2.45) is 0 Å². The van der Waals surface area contributed by atoms with Crippen LogP contribution in [0.4, 0.5) is 17.5 Å². The van der Waals surface area contributed by atoms with Crippen LogP contribution in [0.3, 0.4) is 0 Å². The number of aromatic nitrogens is 4. The van der Waals surface area contributed by atoms with E-state index in [0.29, 0.717) is 28.1 Å². The highest BCUT2D eigenvalue weighted by Gasteiger charge is 2.16. The molecular formula is C18H21ClN6O. The van der Waals surface area contributed by atoms with E-state index >= 15 is 0 Å². The van der Waals surface area contributed by atoms with Gasteiger partial charge in [-0.15, -0.1) is 0 Å². The average molecular weight is 373 g/mol. The quantitative estimate of drug-likeness (QED) is 0.681. The first-order valence-electron chi connectivity index (χ1n) is 8.26. The minimum atomic E-state index is 0.460. The van der Waals surface area contributed by atoms with Gasteiger partial charge >= 0.3 is 0 Å². The molecule has 3 rings (SSSR count). The van der Waals surface area contributed by atoms with Gasteiger partial charge in [-0.3, -0.25) is 0 Å². The Morgan fingerprint density at radius 1 is 1.27 bits per heavy atom. The Morgan fingerprint density at radius 3 is 2.73 bits per heavy atom. The largest absolute Gasteiger partial charge is 0.494 e. The van der Waals surface area contributed by atoms with Crippen LogP contribution in [0.5, 0.6) is 5.75 Å². The van der Waals surface area contributed by atoms with Gasteiger partial charge < -0.3 is 15.4 Å². The molecular weight excluding hydrogens is 352 g/mol. The summed E-state index contributed by atoms with van der Waals surface area (Å²) in [5.41, 5.74) is 3.29. The van der Waals surface area contributed by atoms with Crippen molar-refractivity contribution in [2.45, 2.75) is 20.3 Å². The van der Waals surface area contributed by atoms with Crippen LogP contribution in [0.25, 0.3) is 5.69 Å². The maximum Gasteiger partial charge on any atom is 0.229 e.